The van der Waals surface area contributed by atoms with Crippen LogP contribution in [-0.4, -0.2) is 40.6 Å². The monoisotopic (exact) mass is 362 g/mol. The van der Waals surface area contributed by atoms with Crippen LogP contribution in [0.4, 0.5) is 13.2 Å². The summed E-state index contributed by atoms with van der Waals surface area (Å²) in [5.74, 6) is 0.475. The first-order valence-electron chi connectivity index (χ1n) is 6.65. The molecule has 0 radical (unpaired) electrons. The van der Waals surface area contributed by atoms with Crippen molar-refractivity contribution < 1.29 is 27.8 Å². The van der Waals surface area contributed by atoms with E-state index in [1.165, 1.54) is 29.6 Å². The van der Waals surface area contributed by atoms with Crippen LogP contribution < -0.4 is 5.69 Å². The molecule has 0 spiro atoms. The van der Waals surface area contributed by atoms with Gasteiger partial charge in [0.15, 0.2) is 0 Å². The van der Waals surface area contributed by atoms with E-state index in [4.69, 9.17) is 14.6 Å². The Balaban J connectivity index is 0.000000647. The Morgan fingerprint density at radius 2 is 2.17 bits per heavy atom. The van der Waals surface area contributed by atoms with Crippen molar-refractivity contribution in [2.45, 2.75) is 17.1 Å². The Labute approximate surface area is 138 Å². The summed E-state index contributed by atoms with van der Waals surface area (Å²) in [6.07, 6.45) is -3.22. The maximum Gasteiger partial charge on any atom is 0.416 e. The second-order valence-electron chi connectivity index (χ2n) is 4.85. The van der Waals surface area contributed by atoms with Gasteiger partial charge in [0, 0.05) is 29.3 Å². The summed E-state index contributed by atoms with van der Waals surface area (Å²) in [6, 6.07) is 1.89. The molecule has 0 aliphatic carbocycles. The van der Waals surface area contributed by atoms with Crippen LogP contribution in [0.25, 0.3) is 10.9 Å². The molecule has 1 aliphatic heterocycles. The zero-order chi connectivity index (χ0) is 17.9. The lowest BCUT2D eigenvalue weighted by molar-refractivity contribution is -0.137. The van der Waals surface area contributed by atoms with E-state index in [1.807, 2.05) is 0 Å². The molecule has 1 N–H and O–H groups in total. The summed E-state index contributed by atoms with van der Waals surface area (Å²) in [6.45, 7) is 0.0637. The first-order chi connectivity index (χ1) is 11.3. The summed E-state index contributed by atoms with van der Waals surface area (Å²) in [5.41, 5.74) is -0.693. The van der Waals surface area contributed by atoms with Crippen molar-refractivity contribution in [1.29, 1.82) is 0 Å². The second-order valence-corrected chi connectivity index (χ2v) is 5.91. The molecular formula is C14H13F3N2O4S. The number of aromatic nitrogens is 2. The quantitative estimate of drug-likeness (QED) is 0.827. The molecule has 1 unspecified atom stereocenters. The fraction of sp³-hybridized carbons (Fsp3) is 0.357. The number of hydrogen-bond donors (Lipinski definition) is 1. The fourth-order valence-corrected chi connectivity index (χ4v) is 3.64. The van der Waals surface area contributed by atoms with Crippen LogP contribution in [0.3, 0.4) is 0 Å². The predicted molar refractivity (Wildman–Crippen MR) is 81.3 cm³/mol. The number of ether oxygens (including phenoxy) is 1. The van der Waals surface area contributed by atoms with E-state index < -0.39 is 17.4 Å². The van der Waals surface area contributed by atoms with E-state index in [0.29, 0.717) is 28.2 Å². The number of benzene rings is 1. The first kappa shape index (κ1) is 18.3. The van der Waals surface area contributed by atoms with E-state index in [9.17, 15) is 18.0 Å². The maximum absolute atomic E-state index is 12.9. The first-order valence-corrected chi connectivity index (χ1v) is 7.64. The van der Waals surface area contributed by atoms with Gasteiger partial charge < -0.3 is 9.84 Å². The molecule has 6 nitrogen and oxygen atoms in total. The number of alkyl halides is 3. The fourth-order valence-electron chi connectivity index (χ4n) is 2.46. The SMILES string of the molecule is COCC1CSc2cc(C(F)(F)F)cc3cnc(=O)n1c23.O=CO. The lowest BCUT2D eigenvalue weighted by Gasteiger charge is -2.27. The van der Waals surface area contributed by atoms with Gasteiger partial charge in [0.25, 0.3) is 6.47 Å². The highest BCUT2D eigenvalue weighted by atomic mass is 32.2. The number of rotatable bonds is 2. The van der Waals surface area contributed by atoms with Gasteiger partial charge in [-0.1, -0.05) is 0 Å². The van der Waals surface area contributed by atoms with Gasteiger partial charge in [-0.2, -0.15) is 13.2 Å². The molecule has 0 saturated carbocycles. The van der Waals surface area contributed by atoms with Crippen LogP contribution in [-0.2, 0) is 15.7 Å². The van der Waals surface area contributed by atoms with E-state index in [1.54, 1.807) is 0 Å². The zero-order valence-corrected chi connectivity index (χ0v) is 13.2. The van der Waals surface area contributed by atoms with Crippen molar-refractivity contribution in [2.24, 2.45) is 0 Å². The topological polar surface area (TPSA) is 81.4 Å². The molecule has 0 bridgehead atoms. The third-order valence-electron chi connectivity index (χ3n) is 3.35. The minimum absolute atomic E-state index is 0.229. The van der Waals surface area contributed by atoms with Crippen LogP contribution in [0.15, 0.2) is 28.0 Å². The van der Waals surface area contributed by atoms with Crippen LogP contribution in [0.5, 0.6) is 0 Å². The summed E-state index contributed by atoms with van der Waals surface area (Å²) in [4.78, 5) is 24.5. The summed E-state index contributed by atoms with van der Waals surface area (Å²) in [7, 11) is 1.52. The second kappa shape index (κ2) is 7.22. The molecule has 10 heteroatoms. The molecular weight excluding hydrogens is 349 g/mol. The molecule has 130 valence electrons. The molecule has 2 aromatic rings. The van der Waals surface area contributed by atoms with Crippen molar-refractivity contribution in [1.82, 2.24) is 9.55 Å². The van der Waals surface area contributed by atoms with Gasteiger partial charge in [-0.25, -0.2) is 9.78 Å². The number of methoxy groups -OCH3 is 1. The van der Waals surface area contributed by atoms with Crippen LogP contribution >= 0.6 is 11.8 Å². The van der Waals surface area contributed by atoms with Gasteiger partial charge in [-0.3, -0.25) is 9.36 Å². The average molecular weight is 362 g/mol. The molecule has 0 fully saturated rings. The van der Waals surface area contributed by atoms with Crippen LogP contribution in [0, 0.1) is 0 Å². The van der Waals surface area contributed by atoms with E-state index in [2.05, 4.69) is 4.98 Å². The highest BCUT2D eigenvalue weighted by molar-refractivity contribution is 7.99. The zero-order valence-electron chi connectivity index (χ0n) is 12.4. The number of halogens is 3. The molecule has 3 rings (SSSR count). The number of hydrogen-bond acceptors (Lipinski definition) is 5. The van der Waals surface area contributed by atoms with Gasteiger partial charge in [-0.05, 0) is 12.1 Å². The van der Waals surface area contributed by atoms with Gasteiger partial charge in [0.05, 0.1) is 23.7 Å². The van der Waals surface area contributed by atoms with Crippen molar-refractivity contribution >= 4 is 29.1 Å². The third kappa shape index (κ3) is 3.54. The van der Waals surface area contributed by atoms with Crippen molar-refractivity contribution in [3.63, 3.8) is 0 Å². The molecule has 1 aliphatic rings. The summed E-state index contributed by atoms with van der Waals surface area (Å²) in [5, 5.41) is 7.20. The predicted octanol–water partition coefficient (Wildman–Crippen LogP) is 2.41. The highest BCUT2D eigenvalue weighted by Gasteiger charge is 2.33. The molecule has 1 atom stereocenters. The van der Waals surface area contributed by atoms with Gasteiger partial charge in [-0.15, -0.1) is 11.8 Å². The number of carboxylic acid groups (broad SMARTS) is 1. The Bertz CT molecular complexity index is 807. The minimum atomic E-state index is -4.42. The Morgan fingerprint density at radius 3 is 2.75 bits per heavy atom. The smallest absolute Gasteiger partial charge is 0.416 e. The number of nitrogens with zero attached hydrogens (tertiary/aromatic N) is 2. The van der Waals surface area contributed by atoms with Gasteiger partial charge in [0.2, 0.25) is 0 Å². The van der Waals surface area contributed by atoms with E-state index in [-0.39, 0.29) is 12.5 Å². The third-order valence-corrected chi connectivity index (χ3v) is 4.52. The largest absolute Gasteiger partial charge is 0.483 e. The molecule has 1 aromatic carbocycles. The van der Waals surface area contributed by atoms with Crippen molar-refractivity contribution in [3.8, 4) is 0 Å². The highest BCUT2D eigenvalue weighted by Crippen LogP contribution is 2.40. The lowest BCUT2D eigenvalue weighted by atomic mass is 10.1. The van der Waals surface area contributed by atoms with Crippen LogP contribution in [0.2, 0.25) is 0 Å². The van der Waals surface area contributed by atoms with Crippen molar-refractivity contribution in [3.05, 3.63) is 34.4 Å². The average Bonchev–Trinajstić information content (AvgIpc) is 2.52. The van der Waals surface area contributed by atoms with Gasteiger partial charge >= 0.3 is 11.9 Å². The molecule has 24 heavy (non-hydrogen) atoms. The molecule has 0 saturated heterocycles. The summed E-state index contributed by atoms with van der Waals surface area (Å²) >= 11 is 1.30. The maximum atomic E-state index is 12.9. The molecule has 2 heterocycles. The summed E-state index contributed by atoms with van der Waals surface area (Å²) < 4.78 is 45.2. The van der Waals surface area contributed by atoms with E-state index in [0.717, 1.165) is 12.1 Å². The van der Waals surface area contributed by atoms with Gasteiger partial charge in [0.1, 0.15) is 0 Å². The lowest BCUT2D eigenvalue weighted by Crippen LogP contribution is -2.33. The molecule has 1 aromatic heterocycles. The Hall–Kier alpha value is -2.07. The van der Waals surface area contributed by atoms with Crippen LogP contribution in [0.1, 0.15) is 11.6 Å². The number of carbonyl (C=O) groups is 1. The Kier molecular flexibility index (Phi) is 5.50. The number of thioether (sulfide) groups is 1. The Morgan fingerprint density at radius 1 is 1.50 bits per heavy atom. The standard InChI is InChI=1S/C13H11F3N2O2S.CH2O2/c1-20-5-9-6-21-10-3-8(13(14,15)16)2-7-4-17-12(19)18(9)11(7)10;2-1-3/h2-4,9H,5-6H2,1H3;1H,(H,2,3). The minimum Gasteiger partial charge on any atom is -0.483 e. The molecule has 0 amide bonds. The van der Waals surface area contributed by atoms with Crippen molar-refractivity contribution in [2.75, 3.05) is 19.5 Å². The normalized spacial score (nSPS) is 16.4. The van der Waals surface area contributed by atoms with E-state index >= 15 is 0 Å².